The lowest BCUT2D eigenvalue weighted by Crippen LogP contribution is -2.41. The van der Waals surface area contributed by atoms with Crippen molar-refractivity contribution < 1.29 is 18.3 Å². The molecule has 0 aliphatic heterocycles. The molecule has 1 aromatic carbocycles. The fourth-order valence-electron chi connectivity index (χ4n) is 1.94. The zero-order valence-corrected chi connectivity index (χ0v) is 14.7. The number of rotatable bonds is 9. The van der Waals surface area contributed by atoms with Crippen molar-refractivity contribution in [3.8, 4) is 11.5 Å². The number of ether oxygens (including phenoxy) is 2. The molecule has 0 atom stereocenters. The van der Waals surface area contributed by atoms with Gasteiger partial charge < -0.3 is 20.1 Å². The minimum absolute atomic E-state index is 0.0859. The second-order valence-corrected chi connectivity index (χ2v) is 5.49. The van der Waals surface area contributed by atoms with Crippen molar-refractivity contribution in [1.82, 2.24) is 10.6 Å². The topological polar surface area (TPSA) is 54.9 Å². The van der Waals surface area contributed by atoms with E-state index in [1.54, 1.807) is 12.1 Å². The van der Waals surface area contributed by atoms with Gasteiger partial charge in [0, 0.05) is 24.2 Å². The number of alkyl halides is 2. The van der Waals surface area contributed by atoms with Crippen LogP contribution in [0, 0.1) is 0 Å². The quantitative estimate of drug-likeness (QED) is 0.532. The van der Waals surface area contributed by atoms with Crippen LogP contribution in [0.5, 0.6) is 11.5 Å². The van der Waals surface area contributed by atoms with Crippen LogP contribution in [0.4, 0.5) is 8.78 Å². The lowest BCUT2D eigenvalue weighted by atomic mass is 10.2. The Balaban J connectivity index is 2.94. The summed E-state index contributed by atoms with van der Waals surface area (Å²) in [6, 6.07) is 5.13. The number of hydrogen-bond acceptors (Lipinski definition) is 3. The third-order valence-corrected chi connectivity index (χ3v) is 2.90. The van der Waals surface area contributed by atoms with Crippen LogP contribution in [0.1, 0.15) is 39.7 Å². The molecule has 0 bridgehead atoms. The molecule has 0 spiro atoms. The average molecular weight is 343 g/mol. The fraction of sp³-hybridized carbons (Fsp3) is 0.588. The zero-order chi connectivity index (χ0) is 17.9. The van der Waals surface area contributed by atoms with E-state index in [9.17, 15) is 8.78 Å². The summed E-state index contributed by atoms with van der Waals surface area (Å²) in [6.45, 7) is 6.49. The standard InChI is InChI=1S/C17H27F2N3O2/c1-5-9-23-14-8-7-13(15(10-14)24-16(18)19)11-21-17(20-6-2)22-12(3)4/h7-8,10,12,16H,5-6,9,11H2,1-4H3,(H2,20,21,22). The van der Waals surface area contributed by atoms with Gasteiger partial charge in [0.2, 0.25) is 0 Å². The van der Waals surface area contributed by atoms with E-state index >= 15 is 0 Å². The molecule has 0 saturated heterocycles. The first-order chi connectivity index (χ1) is 11.5. The van der Waals surface area contributed by atoms with Crippen molar-refractivity contribution in [1.29, 1.82) is 0 Å². The fourth-order valence-corrected chi connectivity index (χ4v) is 1.94. The van der Waals surface area contributed by atoms with Crippen LogP contribution in [-0.4, -0.2) is 31.8 Å². The van der Waals surface area contributed by atoms with Crippen molar-refractivity contribution in [2.75, 3.05) is 13.2 Å². The summed E-state index contributed by atoms with van der Waals surface area (Å²) in [4.78, 5) is 4.41. The van der Waals surface area contributed by atoms with Gasteiger partial charge in [-0.15, -0.1) is 0 Å². The molecule has 5 nitrogen and oxygen atoms in total. The van der Waals surface area contributed by atoms with Gasteiger partial charge in [0.25, 0.3) is 0 Å². The predicted molar refractivity (Wildman–Crippen MR) is 91.9 cm³/mol. The summed E-state index contributed by atoms with van der Waals surface area (Å²) in [6.07, 6.45) is 0.837. The lowest BCUT2D eigenvalue weighted by Gasteiger charge is -2.15. The van der Waals surface area contributed by atoms with E-state index in [1.807, 2.05) is 27.7 Å². The van der Waals surface area contributed by atoms with E-state index in [0.29, 0.717) is 30.4 Å². The van der Waals surface area contributed by atoms with Crippen molar-refractivity contribution in [3.05, 3.63) is 23.8 Å². The molecule has 0 amide bonds. The van der Waals surface area contributed by atoms with Crippen LogP contribution < -0.4 is 20.1 Å². The Labute approximate surface area is 142 Å². The molecule has 7 heteroatoms. The molecule has 0 unspecified atom stereocenters. The monoisotopic (exact) mass is 343 g/mol. The normalized spacial score (nSPS) is 11.8. The van der Waals surface area contributed by atoms with Gasteiger partial charge in [0.15, 0.2) is 5.96 Å². The highest BCUT2D eigenvalue weighted by Crippen LogP contribution is 2.27. The maximum atomic E-state index is 12.7. The zero-order valence-electron chi connectivity index (χ0n) is 14.7. The molecule has 0 aliphatic rings. The van der Waals surface area contributed by atoms with Crippen LogP contribution >= 0.6 is 0 Å². The van der Waals surface area contributed by atoms with Gasteiger partial charge in [0.1, 0.15) is 11.5 Å². The Morgan fingerprint density at radius 3 is 2.58 bits per heavy atom. The van der Waals surface area contributed by atoms with E-state index < -0.39 is 6.61 Å². The minimum Gasteiger partial charge on any atom is -0.493 e. The second kappa shape index (κ2) is 10.7. The highest BCUT2D eigenvalue weighted by molar-refractivity contribution is 5.80. The molecule has 24 heavy (non-hydrogen) atoms. The van der Waals surface area contributed by atoms with E-state index in [-0.39, 0.29) is 18.3 Å². The van der Waals surface area contributed by atoms with Crippen molar-refractivity contribution >= 4 is 5.96 Å². The number of nitrogens with one attached hydrogen (secondary N) is 2. The van der Waals surface area contributed by atoms with E-state index in [0.717, 1.165) is 6.42 Å². The number of guanidine groups is 1. The van der Waals surface area contributed by atoms with Crippen LogP contribution in [0.2, 0.25) is 0 Å². The average Bonchev–Trinajstić information content (AvgIpc) is 2.51. The molecule has 0 aliphatic carbocycles. The molecule has 1 rings (SSSR count). The third kappa shape index (κ3) is 7.48. The van der Waals surface area contributed by atoms with E-state index in [1.165, 1.54) is 6.07 Å². The van der Waals surface area contributed by atoms with E-state index in [4.69, 9.17) is 4.74 Å². The summed E-state index contributed by atoms with van der Waals surface area (Å²) in [5, 5.41) is 6.28. The number of nitrogens with zero attached hydrogens (tertiary/aromatic N) is 1. The van der Waals surface area contributed by atoms with Crippen LogP contribution in [0.25, 0.3) is 0 Å². The molecule has 0 saturated carbocycles. The highest BCUT2D eigenvalue weighted by Gasteiger charge is 2.12. The van der Waals surface area contributed by atoms with Gasteiger partial charge >= 0.3 is 6.61 Å². The van der Waals surface area contributed by atoms with Gasteiger partial charge in [-0.2, -0.15) is 8.78 Å². The lowest BCUT2D eigenvalue weighted by molar-refractivity contribution is -0.0505. The van der Waals surface area contributed by atoms with Gasteiger partial charge in [-0.1, -0.05) is 6.92 Å². The van der Waals surface area contributed by atoms with Crippen LogP contribution in [-0.2, 0) is 6.54 Å². The third-order valence-electron chi connectivity index (χ3n) is 2.90. The number of halogens is 2. The molecule has 2 N–H and O–H groups in total. The number of hydrogen-bond donors (Lipinski definition) is 2. The summed E-state index contributed by atoms with van der Waals surface area (Å²) in [5.41, 5.74) is 0.570. The second-order valence-electron chi connectivity index (χ2n) is 5.49. The van der Waals surface area contributed by atoms with Crippen molar-refractivity contribution in [3.63, 3.8) is 0 Å². The van der Waals surface area contributed by atoms with Gasteiger partial charge in [-0.25, -0.2) is 4.99 Å². The Bertz CT molecular complexity index is 523. The van der Waals surface area contributed by atoms with Crippen LogP contribution in [0.3, 0.4) is 0 Å². The molecular formula is C17H27F2N3O2. The molecule has 1 aromatic rings. The first-order valence-corrected chi connectivity index (χ1v) is 8.21. The predicted octanol–water partition coefficient (Wildman–Crippen LogP) is 3.54. The van der Waals surface area contributed by atoms with Gasteiger partial charge in [-0.3, -0.25) is 0 Å². The first-order valence-electron chi connectivity index (χ1n) is 8.21. The summed E-state index contributed by atoms with van der Waals surface area (Å²) < 4.78 is 35.4. The van der Waals surface area contributed by atoms with Crippen molar-refractivity contribution in [2.45, 2.75) is 53.3 Å². The molecule has 0 radical (unpaired) electrons. The summed E-state index contributed by atoms with van der Waals surface area (Å²) in [7, 11) is 0. The largest absolute Gasteiger partial charge is 0.493 e. The Morgan fingerprint density at radius 2 is 2.00 bits per heavy atom. The summed E-state index contributed by atoms with van der Waals surface area (Å²) >= 11 is 0. The molecule has 0 aromatic heterocycles. The molecule has 0 fully saturated rings. The van der Waals surface area contributed by atoms with E-state index in [2.05, 4.69) is 20.4 Å². The smallest absolute Gasteiger partial charge is 0.387 e. The molecular weight excluding hydrogens is 316 g/mol. The maximum Gasteiger partial charge on any atom is 0.387 e. The first kappa shape index (κ1) is 20.0. The molecule has 0 heterocycles. The Hall–Kier alpha value is -2.05. The van der Waals surface area contributed by atoms with Gasteiger partial charge in [-0.05, 0) is 39.3 Å². The SMILES string of the molecule is CCCOc1ccc(CN=C(NCC)NC(C)C)c(OC(F)F)c1. The van der Waals surface area contributed by atoms with Crippen molar-refractivity contribution in [2.24, 2.45) is 4.99 Å². The Morgan fingerprint density at radius 1 is 1.25 bits per heavy atom. The van der Waals surface area contributed by atoms with Crippen LogP contribution in [0.15, 0.2) is 23.2 Å². The summed E-state index contributed by atoms with van der Waals surface area (Å²) in [5.74, 6) is 1.22. The number of benzene rings is 1. The number of aliphatic imine (C=N–C) groups is 1. The Kier molecular flexibility index (Phi) is 8.89. The highest BCUT2D eigenvalue weighted by atomic mass is 19.3. The van der Waals surface area contributed by atoms with Gasteiger partial charge in [0.05, 0.1) is 13.2 Å². The molecule has 136 valence electrons. The maximum absolute atomic E-state index is 12.7. The minimum atomic E-state index is -2.89.